The number of para-hydroxylation sites is 1. The van der Waals surface area contributed by atoms with Crippen LogP contribution in [-0.4, -0.2) is 0 Å². The number of ether oxygens (including phenoxy) is 1. The highest BCUT2D eigenvalue weighted by molar-refractivity contribution is 5.45. The van der Waals surface area contributed by atoms with Gasteiger partial charge in [-0.1, -0.05) is 12.1 Å². The topological polar surface area (TPSA) is 33.0 Å². The molecule has 0 atom stereocenters. The zero-order chi connectivity index (χ0) is 12.3. The lowest BCUT2D eigenvalue weighted by Crippen LogP contribution is -1.91. The largest absolute Gasteiger partial charge is 0.453 e. The van der Waals surface area contributed by atoms with E-state index in [1.165, 1.54) is 6.07 Å². The van der Waals surface area contributed by atoms with Crippen LogP contribution in [0.5, 0.6) is 11.5 Å². The van der Waals surface area contributed by atoms with Crippen molar-refractivity contribution in [3.05, 3.63) is 59.7 Å². The molecule has 0 amide bonds. The van der Waals surface area contributed by atoms with Crippen molar-refractivity contribution in [2.75, 3.05) is 0 Å². The molecule has 0 aliphatic carbocycles. The van der Waals surface area contributed by atoms with Crippen LogP contribution in [0.25, 0.3) is 0 Å². The molecule has 2 rings (SSSR count). The van der Waals surface area contributed by atoms with Crippen LogP contribution >= 0.6 is 0 Å². The number of benzene rings is 2. The monoisotopic (exact) mass is 231 g/mol. The fourth-order valence-electron chi connectivity index (χ4n) is 1.32. The second-order valence-corrected chi connectivity index (χ2v) is 3.28. The Morgan fingerprint density at radius 3 is 2.47 bits per heavy atom. The Morgan fingerprint density at radius 1 is 1.00 bits per heavy atom. The quantitative estimate of drug-likeness (QED) is 0.790. The SMILES string of the molecule is N#Cc1ccccc1Oc1ccc(F)cc1F. The second-order valence-electron chi connectivity index (χ2n) is 3.28. The van der Waals surface area contributed by atoms with Crippen molar-refractivity contribution in [1.82, 2.24) is 0 Å². The third kappa shape index (κ3) is 2.40. The summed E-state index contributed by atoms with van der Waals surface area (Å²) in [5.41, 5.74) is 0.288. The average molecular weight is 231 g/mol. The summed E-state index contributed by atoms with van der Waals surface area (Å²) in [5.74, 6) is -1.37. The molecule has 0 N–H and O–H groups in total. The molecular weight excluding hydrogens is 224 g/mol. The fraction of sp³-hybridized carbons (Fsp3) is 0. The molecule has 0 spiro atoms. The van der Waals surface area contributed by atoms with Gasteiger partial charge in [0.05, 0.1) is 5.56 Å². The lowest BCUT2D eigenvalue weighted by Gasteiger charge is -2.07. The van der Waals surface area contributed by atoms with Crippen LogP contribution in [0.15, 0.2) is 42.5 Å². The van der Waals surface area contributed by atoms with E-state index in [0.29, 0.717) is 0 Å². The van der Waals surface area contributed by atoms with Crippen molar-refractivity contribution < 1.29 is 13.5 Å². The van der Waals surface area contributed by atoms with Gasteiger partial charge >= 0.3 is 0 Å². The van der Waals surface area contributed by atoms with E-state index in [9.17, 15) is 8.78 Å². The second kappa shape index (κ2) is 4.62. The Balaban J connectivity index is 2.35. The third-order valence-corrected chi connectivity index (χ3v) is 2.12. The number of nitriles is 1. The molecule has 84 valence electrons. The third-order valence-electron chi connectivity index (χ3n) is 2.12. The van der Waals surface area contributed by atoms with Gasteiger partial charge in [-0.15, -0.1) is 0 Å². The van der Waals surface area contributed by atoms with Crippen molar-refractivity contribution in [3.8, 4) is 17.6 Å². The lowest BCUT2D eigenvalue weighted by atomic mass is 10.2. The molecule has 0 heterocycles. The van der Waals surface area contributed by atoms with E-state index >= 15 is 0 Å². The predicted octanol–water partition coefficient (Wildman–Crippen LogP) is 3.63. The van der Waals surface area contributed by atoms with Gasteiger partial charge in [-0.2, -0.15) is 5.26 Å². The van der Waals surface area contributed by atoms with Gasteiger partial charge in [0.15, 0.2) is 11.6 Å². The molecule has 0 radical (unpaired) electrons. The number of hydrogen-bond acceptors (Lipinski definition) is 2. The zero-order valence-corrected chi connectivity index (χ0v) is 8.65. The summed E-state index contributed by atoms with van der Waals surface area (Å²) in [7, 11) is 0. The minimum atomic E-state index is -0.808. The van der Waals surface area contributed by atoms with E-state index in [0.717, 1.165) is 12.1 Å². The molecule has 17 heavy (non-hydrogen) atoms. The Kier molecular flexibility index (Phi) is 3.01. The fourth-order valence-corrected chi connectivity index (χ4v) is 1.32. The zero-order valence-electron chi connectivity index (χ0n) is 8.65. The van der Waals surface area contributed by atoms with Gasteiger partial charge in [0, 0.05) is 6.07 Å². The summed E-state index contributed by atoms with van der Waals surface area (Å²) < 4.78 is 31.2. The first-order chi connectivity index (χ1) is 8.20. The maximum absolute atomic E-state index is 13.3. The number of nitrogens with zero attached hydrogens (tertiary/aromatic N) is 1. The molecular formula is C13H7F2NO. The van der Waals surface area contributed by atoms with Crippen LogP contribution in [0.3, 0.4) is 0 Å². The molecule has 0 saturated carbocycles. The van der Waals surface area contributed by atoms with E-state index < -0.39 is 11.6 Å². The summed E-state index contributed by atoms with van der Waals surface area (Å²) in [5, 5.41) is 8.83. The summed E-state index contributed by atoms with van der Waals surface area (Å²) in [6.07, 6.45) is 0. The van der Waals surface area contributed by atoms with Crippen molar-refractivity contribution >= 4 is 0 Å². The van der Waals surface area contributed by atoms with Crippen LogP contribution in [0.4, 0.5) is 8.78 Å². The highest BCUT2D eigenvalue weighted by Crippen LogP contribution is 2.27. The average Bonchev–Trinajstić information content (AvgIpc) is 2.33. The first-order valence-electron chi connectivity index (χ1n) is 4.83. The number of hydrogen-bond donors (Lipinski definition) is 0. The Hall–Kier alpha value is -2.41. The van der Waals surface area contributed by atoms with E-state index in [1.807, 2.05) is 6.07 Å². The highest BCUT2D eigenvalue weighted by atomic mass is 19.1. The first-order valence-corrected chi connectivity index (χ1v) is 4.83. The summed E-state index contributed by atoms with van der Waals surface area (Å²) >= 11 is 0. The minimum absolute atomic E-state index is 0.117. The maximum Gasteiger partial charge on any atom is 0.168 e. The molecule has 0 bridgehead atoms. The highest BCUT2D eigenvalue weighted by Gasteiger charge is 2.08. The summed E-state index contributed by atoms with van der Waals surface area (Å²) in [6.45, 7) is 0. The van der Waals surface area contributed by atoms with Crippen molar-refractivity contribution in [2.24, 2.45) is 0 Å². The lowest BCUT2D eigenvalue weighted by molar-refractivity contribution is 0.436. The van der Waals surface area contributed by atoms with Crippen molar-refractivity contribution in [3.63, 3.8) is 0 Å². The molecule has 2 nitrogen and oxygen atoms in total. The van der Waals surface area contributed by atoms with E-state index in [1.54, 1.807) is 24.3 Å². The molecule has 2 aromatic rings. The Bertz CT molecular complexity index is 590. The summed E-state index contributed by atoms with van der Waals surface area (Å²) in [6, 6.07) is 11.4. The molecule has 4 heteroatoms. The van der Waals surface area contributed by atoms with Crippen LogP contribution in [0, 0.1) is 23.0 Å². The predicted molar refractivity (Wildman–Crippen MR) is 57.6 cm³/mol. The standard InChI is InChI=1S/C13H7F2NO/c14-10-5-6-13(11(15)7-10)17-12-4-2-1-3-9(12)8-16/h1-7H. The van der Waals surface area contributed by atoms with E-state index in [4.69, 9.17) is 10.00 Å². The van der Waals surface area contributed by atoms with Crippen LogP contribution in [-0.2, 0) is 0 Å². The smallest absolute Gasteiger partial charge is 0.168 e. The van der Waals surface area contributed by atoms with Crippen molar-refractivity contribution in [1.29, 1.82) is 5.26 Å². The molecule has 2 aromatic carbocycles. The van der Waals surface area contributed by atoms with Crippen LogP contribution in [0.1, 0.15) is 5.56 Å². The van der Waals surface area contributed by atoms with Gasteiger partial charge in [0.25, 0.3) is 0 Å². The van der Waals surface area contributed by atoms with Gasteiger partial charge in [-0.05, 0) is 24.3 Å². The van der Waals surface area contributed by atoms with E-state index in [-0.39, 0.29) is 17.1 Å². The maximum atomic E-state index is 13.3. The Morgan fingerprint density at radius 2 is 1.76 bits per heavy atom. The van der Waals surface area contributed by atoms with Crippen molar-refractivity contribution in [2.45, 2.75) is 0 Å². The first kappa shape index (κ1) is 11.1. The molecule has 0 aliphatic heterocycles. The Labute approximate surface area is 96.7 Å². The van der Waals surface area contributed by atoms with Crippen LogP contribution < -0.4 is 4.74 Å². The summed E-state index contributed by atoms with van der Waals surface area (Å²) in [4.78, 5) is 0. The van der Waals surface area contributed by atoms with Gasteiger partial charge in [-0.25, -0.2) is 8.78 Å². The normalized spacial score (nSPS) is 9.71. The molecule has 0 aliphatic rings. The van der Waals surface area contributed by atoms with E-state index in [2.05, 4.69) is 0 Å². The van der Waals surface area contributed by atoms with Gasteiger partial charge in [0.2, 0.25) is 0 Å². The van der Waals surface area contributed by atoms with Gasteiger partial charge in [0.1, 0.15) is 17.6 Å². The van der Waals surface area contributed by atoms with Gasteiger partial charge < -0.3 is 4.74 Å². The molecule has 0 unspecified atom stereocenters. The number of rotatable bonds is 2. The number of halogens is 2. The van der Waals surface area contributed by atoms with Gasteiger partial charge in [-0.3, -0.25) is 0 Å². The minimum Gasteiger partial charge on any atom is -0.453 e. The molecule has 0 saturated heterocycles. The molecule has 0 fully saturated rings. The van der Waals surface area contributed by atoms with Crippen LogP contribution in [0.2, 0.25) is 0 Å². The molecule has 0 aromatic heterocycles.